The van der Waals surface area contributed by atoms with Crippen LogP contribution in [0.1, 0.15) is 75.6 Å². The lowest BCUT2D eigenvalue weighted by Gasteiger charge is -2.31. The minimum Gasteiger partial charge on any atom is -0.454 e. The lowest BCUT2D eigenvalue weighted by atomic mass is 9.90. The number of ether oxygens (including phenoxy) is 4. The molecule has 6 amide bonds. The zero-order valence-electron chi connectivity index (χ0n) is 41.5. The molecule has 17 heteroatoms. The second-order valence-electron chi connectivity index (χ2n) is 19.9. The Morgan fingerprint density at radius 2 is 1.28 bits per heavy atom. The number of rotatable bonds is 11. The molecule has 0 spiro atoms. The predicted molar refractivity (Wildman–Crippen MR) is 272 cm³/mol. The Bertz CT molecular complexity index is 2980. The first-order valence-electron chi connectivity index (χ1n) is 24.7. The van der Waals surface area contributed by atoms with E-state index >= 15 is 0 Å². The lowest BCUT2D eigenvalue weighted by Crippen LogP contribution is -2.54. The van der Waals surface area contributed by atoms with Crippen molar-refractivity contribution in [3.8, 4) is 22.6 Å². The molecule has 2 saturated heterocycles. The van der Waals surface area contributed by atoms with E-state index in [0.29, 0.717) is 44.0 Å². The van der Waals surface area contributed by atoms with Gasteiger partial charge < -0.3 is 49.2 Å². The first-order chi connectivity index (χ1) is 34.8. The fraction of sp³-hybridized carbons (Fsp3) is 0.400. The molecular formula is C55H60N8O9. The Morgan fingerprint density at radius 1 is 0.667 bits per heavy atom. The smallest absolute Gasteiger partial charge is 0.407 e. The van der Waals surface area contributed by atoms with Gasteiger partial charge in [0, 0.05) is 55.3 Å². The number of benzene rings is 4. The third-order valence-electron chi connectivity index (χ3n) is 14.8. The summed E-state index contributed by atoms with van der Waals surface area (Å²) >= 11 is 0. The van der Waals surface area contributed by atoms with Crippen molar-refractivity contribution in [2.75, 3.05) is 40.8 Å². The number of fused-ring (bicyclic) bond motifs is 4. The van der Waals surface area contributed by atoms with E-state index in [1.165, 1.54) is 14.2 Å². The maximum atomic E-state index is 14.5. The topological polar surface area (TPSA) is 184 Å². The Kier molecular flexibility index (Phi) is 13.2. The van der Waals surface area contributed by atoms with Crippen LogP contribution in [0, 0.1) is 11.8 Å². The van der Waals surface area contributed by atoms with Crippen LogP contribution in [0.4, 0.5) is 14.4 Å². The van der Waals surface area contributed by atoms with Crippen molar-refractivity contribution in [3.63, 3.8) is 0 Å². The normalized spacial score (nSPS) is 19.8. The van der Waals surface area contributed by atoms with Crippen molar-refractivity contribution in [1.82, 2.24) is 30.2 Å². The average molecular weight is 977 g/mol. The second kappa shape index (κ2) is 19.8. The molecule has 4 atom stereocenters. The summed E-state index contributed by atoms with van der Waals surface area (Å²) < 4.78 is 21.1. The summed E-state index contributed by atoms with van der Waals surface area (Å²) in [5.41, 5.74) is 9.91. The lowest BCUT2D eigenvalue weighted by molar-refractivity contribution is -0.135. The summed E-state index contributed by atoms with van der Waals surface area (Å²) in [6, 6.07) is 22.5. The molecule has 4 aromatic rings. The highest BCUT2D eigenvalue weighted by Gasteiger charge is 2.45. The summed E-state index contributed by atoms with van der Waals surface area (Å²) in [5.74, 6) is 0.521. The van der Waals surface area contributed by atoms with Crippen LogP contribution in [0.2, 0.25) is 0 Å². The van der Waals surface area contributed by atoms with E-state index in [4.69, 9.17) is 28.9 Å². The van der Waals surface area contributed by atoms with Crippen LogP contribution in [0.3, 0.4) is 0 Å². The van der Waals surface area contributed by atoms with Gasteiger partial charge in [0.1, 0.15) is 12.1 Å². The molecule has 17 nitrogen and oxygen atoms in total. The van der Waals surface area contributed by atoms with Gasteiger partial charge in [-0.1, -0.05) is 94.4 Å². The van der Waals surface area contributed by atoms with E-state index in [-0.39, 0.29) is 55.7 Å². The molecule has 0 aromatic heterocycles. The maximum absolute atomic E-state index is 14.5. The summed E-state index contributed by atoms with van der Waals surface area (Å²) in [7, 11) is 2.56. The monoisotopic (exact) mass is 976 g/mol. The fourth-order valence-corrected chi connectivity index (χ4v) is 11.0. The highest BCUT2D eigenvalue weighted by Crippen LogP contribution is 2.42. The van der Waals surface area contributed by atoms with Crippen LogP contribution in [-0.2, 0) is 32.2 Å². The summed E-state index contributed by atoms with van der Waals surface area (Å²) in [6.45, 7) is 9.31. The maximum Gasteiger partial charge on any atom is 0.407 e. The van der Waals surface area contributed by atoms with E-state index < -0.39 is 30.3 Å². The fourth-order valence-electron chi connectivity index (χ4n) is 11.0. The number of likely N-dealkylation sites (tertiary alicyclic amines) is 1. The number of amides is 6. The van der Waals surface area contributed by atoms with Gasteiger partial charge >= 0.3 is 18.2 Å². The molecule has 0 bridgehead atoms. The van der Waals surface area contributed by atoms with Gasteiger partial charge in [-0.15, -0.1) is 0 Å². The number of nitrogens with zero attached hydrogens (tertiary/aromatic N) is 6. The number of aliphatic imine (C=N–C) groups is 2. The standard InChI is InChI=1S/C55H60N8O9/c1-31(2)48(58-53(66)69-5)51(64)62-21-9-14-45(62)43-23-37(25-57-43)39-11-8-12-40-38(10-7-13-41(39)40)34-17-15-33(16-18-34)36-22-44(56-24-36)46-28-61(29-63(46)52(65)49(32(3)4)59-54(67)70-6)55(68)60-26-35-19-20-47-50(42(35)27-60)72-30-71-47/h7-8,10-13,15-20,24-25,31-32,45-46,48-49H,9,14,21-23,26-30H2,1-6H3,(H,58,66)(H,59,67)/t45-,46-,48-,49-/m0/s1. The Labute approximate surface area is 418 Å². The molecule has 10 rings (SSSR count). The van der Waals surface area contributed by atoms with Gasteiger partial charge in [0.15, 0.2) is 11.5 Å². The van der Waals surface area contributed by atoms with Crippen molar-refractivity contribution in [3.05, 3.63) is 107 Å². The average Bonchev–Trinajstić information content (AvgIpc) is 4.26. The number of hydrogen-bond donors (Lipinski definition) is 2. The molecule has 2 N–H and O–H groups in total. The predicted octanol–water partition coefficient (Wildman–Crippen LogP) is 7.97. The number of allylic oxidation sites excluding steroid dienone is 2. The molecule has 2 fully saturated rings. The molecule has 6 aliphatic rings. The van der Waals surface area contributed by atoms with E-state index in [1.54, 1.807) is 14.7 Å². The van der Waals surface area contributed by atoms with Crippen LogP contribution in [0.5, 0.6) is 11.5 Å². The van der Waals surface area contributed by atoms with Crippen LogP contribution in [-0.4, -0.2) is 126 Å². The zero-order valence-corrected chi connectivity index (χ0v) is 41.5. The molecule has 374 valence electrons. The van der Waals surface area contributed by atoms with E-state index in [1.807, 2.05) is 57.1 Å². The van der Waals surface area contributed by atoms with Gasteiger partial charge in [0.2, 0.25) is 18.6 Å². The van der Waals surface area contributed by atoms with Crippen molar-refractivity contribution >= 4 is 63.4 Å². The molecule has 6 aliphatic heterocycles. The van der Waals surface area contributed by atoms with Crippen molar-refractivity contribution in [1.29, 1.82) is 0 Å². The van der Waals surface area contributed by atoms with Gasteiger partial charge in [-0.2, -0.15) is 0 Å². The Morgan fingerprint density at radius 3 is 1.96 bits per heavy atom. The van der Waals surface area contributed by atoms with Crippen LogP contribution >= 0.6 is 0 Å². The number of hydrogen-bond acceptors (Lipinski definition) is 11. The number of urea groups is 1. The molecular weight excluding hydrogens is 917 g/mol. The molecule has 4 aromatic carbocycles. The summed E-state index contributed by atoms with van der Waals surface area (Å²) in [5, 5.41) is 7.66. The van der Waals surface area contributed by atoms with Crippen molar-refractivity contribution in [2.24, 2.45) is 21.8 Å². The van der Waals surface area contributed by atoms with Gasteiger partial charge in [0.25, 0.3) is 0 Å². The minimum atomic E-state index is -0.888. The van der Waals surface area contributed by atoms with Crippen LogP contribution in [0.25, 0.3) is 33.0 Å². The molecule has 6 heterocycles. The first kappa shape index (κ1) is 48.0. The third-order valence-corrected chi connectivity index (χ3v) is 14.8. The molecule has 0 radical (unpaired) electrons. The van der Waals surface area contributed by atoms with E-state index in [0.717, 1.165) is 79.6 Å². The molecule has 0 aliphatic carbocycles. The van der Waals surface area contributed by atoms with Crippen molar-refractivity contribution in [2.45, 2.75) is 90.6 Å². The highest BCUT2D eigenvalue weighted by molar-refractivity contribution is 6.09. The SMILES string of the molecule is COC(=O)N[C@H](C(=O)N1CCC[C@H]1C1=NC=C(c2cccc3c(-c4ccc(C5=CN=C([C@@H]6CN(C(=O)N7Cc8ccc9c(c8C7)OCO9)CN6C(=O)[C@@H](NC(=O)OC)C(C)C)C5)cc4)cccc23)C1)C(C)C. The quantitative estimate of drug-likeness (QED) is 0.151. The van der Waals surface area contributed by atoms with Gasteiger partial charge in [0.05, 0.1) is 46.1 Å². The van der Waals surface area contributed by atoms with Gasteiger partial charge in [-0.3, -0.25) is 19.6 Å². The summed E-state index contributed by atoms with van der Waals surface area (Å²) in [6.07, 6.45) is 5.21. The van der Waals surface area contributed by atoms with Crippen molar-refractivity contribution < 1.29 is 42.9 Å². The van der Waals surface area contributed by atoms with Gasteiger partial charge in [-0.05, 0) is 80.5 Å². The zero-order chi connectivity index (χ0) is 50.4. The number of carbonyl (C=O) groups excluding carboxylic acids is 5. The number of methoxy groups -OCH3 is 2. The van der Waals surface area contributed by atoms with Gasteiger partial charge in [-0.25, -0.2) is 14.4 Å². The van der Waals surface area contributed by atoms with Crippen LogP contribution in [0.15, 0.2) is 95.2 Å². The van der Waals surface area contributed by atoms with Crippen LogP contribution < -0.4 is 20.1 Å². The first-order valence-corrected chi connectivity index (χ1v) is 24.7. The minimum absolute atomic E-state index is 0.0247. The largest absolute Gasteiger partial charge is 0.454 e. The third kappa shape index (κ3) is 9.00. The number of alkyl carbamates (subject to hydrolysis) is 2. The summed E-state index contributed by atoms with van der Waals surface area (Å²) in [4.78, 5) is 84.0. The molecule has 0 saturated carbocycles. The molecule has 72 heavy (non-hydrogen) atoms. The number of nitrogens with one attached hydrogen (secondary N) is 2. The number of carbonyl (C=O) groups is 5. The second-order valence-corrected chi connectivity index (χ2v) is 19.9. The Balaban J connectivity index is 0.834. The Hall–Kier alpha value is -7.69. The van der Waals surface area contributed by atoms with E-state index in [2.05, 4.69) is 71.3 Å². The highest BCUT2D eigenvalue weighted by atomic mass is 16.7. The van der Waals surface area contributed by atoms with E-state index in [9.17, 15) is 24.0 Å². The molecule has 0 unspecified atom stereocenters.